The van der Waals surface area contributed by atoms with Crippen LogP contribution in [0.1, 0.15) is 37.3 Å². The summed E-state index contributed by atoms with van der Waals surface area (Å²) in [7, 11) is 0. The van der Waals surface area contributed by atoms with Gasteiger partial charge in [0.1, 0.15) is 0 Å². The molecule has 3 rings (SSSR count). The molecule has 2 aromatic carbocycles. The van der Waals surface area contributed by atoms with Crippen LogP contribution in [0.5, 0.6) is 0 Å². The molecule has 0 atom stereocenters. The number of likely N-dealkylation sites (tertiary alicyclic amines) is 1. The highest BCUT2D eigenvalue weighted by Crippen LogP contribution is 2.36. The third-order valence-corrected chi connectivity index (χ3v) is 5.75. The quantitative estimate of drug-likeness (QED) is 0.775. The van der Waals surface area contributed by atoms with Crippen molar-refractivity contribution in [3.05, 3.63) is 65.7 Å². The molecule has 0 spiro atoms. The van der Waals surface area contributed by atoms with E-state index in [0.717, 1.165) is 51.0 Å². The van der Waals surface area contributed by atoms with E-state index in [1.807, 2.05) is 42.5 Å². The number of amides is 2. The van der Waals surface area contributed by atoms with Gasteiger partial charge in [-0.3, -0.25) is 14.5 Å². The Balaban J connectivity index is 1.55. The molecule has 0 aromatic heterocycles. The Hall–Kier alpha value is -2.66. The zero-order valence-electron chi connectivity index (χ0n) is 16.5. The maximum Gasteiger partial charge on any atom is 0.223 e. The molecule has 0 saturated carbocycles. The predicted molar refractivity (Wildman–Crippen MR) is 112 cm³/mol. The van der Waals surface area contributed by atoms with Gasteiger partial charge in [0.25, 0.3) is 0 Å². The van der Waals surface area contributed by atoms with E-state index in [1.165, 1.54) is 18.1 Å². The minimum Gasteiger partial charge on any atom is -0.369 e. The molecule has 148 valence electrons. The highest BCUT2D eigenvalue weighted by Gasteiger charge is 2.39. The van der Waals surface area contributed by atoms with Gasteiger partial charge in [0, 0.05) is 19.2 Å². The summed E-state index contributed by atoms with van der Waals surface area (Å²) in [5.74, 6) is -0.232. The molecule has 0 aliphatic carbocycles. The molecule has 0 radical (unpaired) electrons. The van der Waals surface area contributed by atoms with Crippen LogP contribution in [-0.4, -0.2) is 29.8 Å². The molecule has 5 heteroatoms. The summed E-state index contributed by atoms with van der Waals surface area (Å²) in [4.78, 5) is 25.7. The lowest BCUT2D eigenvalue weighted by Crippen LogP contribution is -2.47. The van der Waals surface area contributed by atoms with Crippen LogP contribution in [0.2, 0.25) is 0 Å². The number of carbonyl (C=O) groups excluding carboxylic acids is 2. The highest BCUT2D eigenvalue weighted by atomic mass is 16.1. The average molecular weight is 380 g/mol. The Morgan fingerprint density at radius 1 is 1.00 bits per heavy atom. The summed E-state index contributed by atoms with van der Waals surface area (Å²) in [6.07, 6.45) is 3.30. The van der Waals surface area contributed by atoms with Crippen molar-refractivity contribution in [3.8, 4) is 0 Å². The number of nitrogens with two attached hydrogens (primary N) is 1. The first-order chi connectivity index (χ1) is 13.5. The first kappa shape index (κ1) is 20.1. The van der Waals surface area contributed by atoms with Crippen LogP contribution in [0.3, 0.4) is 0 Å². The fraction of sp³-hybridized carbons (Fsp3) is 0.391. The third kappa shape index (κ3) is 5.20. The van der Waals surface area contributed by atoms with Crippen molar-refractivity contribution in [1.29, 1.82) is 0 Å². The number of nitrogens with zero attached hydrogens (tertiary/aromatic N) is 1. The predicted octanol–water partition coefficient (Wildman–Crippen LogP) is 3.35. The lowest BCUT2D eigenvalue weighted by molar-refractivity contribution is -0.131. The van der Waals surface area contributed by atoms with E-state index in [1.54, 1.807) is 0 Å². The molecule has 2 amide bonds. The van der Waals surface area contributed by atoms with Crippen molar-refractivity contribution < 1.29 is 9.59 Å². The number of piperidine rings is 1. The van der Waals surface area contributed by atoms with Crippen molar-refractivity contribution in [2.45, 2.75) is 39.2 Å². The maximum atomic E-state index is 12.3. The van der Waals surface area contributed by atoms with Crippen LogP contribution in [0, 0.1) is 5.41 Å². The Morgan fingerprint density at radius 3 is 2.21 bits per heavy atom. The molecule has 1 saturated heterocycles. The summed E-state index contributed by atoms with van der Waals surface area (Å²) in [6.45, 7) is 4.08. The van der Waals surface area contributed by atoms with Crippen LogP contribution in [0.15, 0.2) is 54.6 Å². The summed E-state index contributed by atoms with van der Waals surface area (Å²) in [5, 5.41) is 2.78. The number of primary amides is 1. The maximum absolute atomic E-state index is 12.3. The number of rotatable bonds is 7. The summed E-state index contributed by atoms with van der Waals surface area (Å²) >= 11 is 0. The fourth-order valence-corrected chi connectivity index (χ4v) is 3.94. The molecule has 5 nitrogen and oxygen atoms in total. The van der Waals surface area contributed by atoms with Gasteiger partial charge >= 0.3 is 0 Å². The molecule has 28 heavy (non-hydrogen) atoms. The summed E-state index contributed by atoms with van der Waals surface area (Å²) in [6, 6.07) is 18.2. The van der Waals surface area contributed by atoms with Crippen molar-refractivity contribution in [1.82, 2.24) is 4.90 Å². The molecule has 0 bridgehead atoms. The van der Waals surface area contributed by atoms with E-state index in [-0.39, 0.29) is 11.8 Å². The van der Waals surface area contributed by atoms with E-state index in [9.17, 15) is 9.59 Å². The van der Waals surface area contributed by atoms with Crippen LogP contribution in [0.4, 0.5) is 5.69 Å². The smallest absolute Gasteiger partial charge is 0.223 e. The number of nitrogens with one attached hydrogen (secondary N) is 1. The number of aryl methyl sites for hydroxylation is 1. The van der Waals surface area contributed by atoms with Gasteiger partial charge in [-0.15, -0.1) is 0 Å². The molecule has 1 aliphatic rings. The van der Waals surface area contributed by atoms with Crippen molar-refractivity contribution in [2.75, 3.05) is 18.4 Å². The van der Waals surface area contributed by atoms with E-state index in [0.29, 0.717) is 0 Å². The molecule has 3 N–H and O–H groups in total. The SMILES string of the molecule is CC(=O)Nc1ccc(CN2CCC(CCc3ccccc3)(C(N)=O)CC2)cc1. The Kier molecular flexibility index (Phi) is 6.47. The topological polar surface area (TPSA) is 75.4 Å². The minimum absolute atomic E-state index is 0.0675. The van der Waals surface area contributed by atoms with Crippen LogP contribution in [-0.2, 0) is 22.6 Å². The van der Waals surface area contributed by atoms with Gasteiger partial charge in [-0.2, -0.15) is 0 Å². The normalized spacial score (nSPS) is 16.5. The minimum atomic E-state index is -0.401. The largest absolute Gasteiger partial charge is 0.369 e. The monoisotopic (exact) mass is 379 g/mol. The Bertz CT molecular complexity index is 794. The lowest BCUT2D eigenvalue weighted by atomic mass is 9.73. The second-order valence-electron chi connectivity index (χ2n) is 7.78. The highest BCUT2D eigenvalue weighted by molar-refractivity contribution is 5.88. The molecule has 1 aliphatic heterocycles. The van der Waals surface area contributed by atoms with Crippen molar-refractivity contribution in [2.24, 2.45) is 11.1 Å². The number of hydrogen-bond acceptors (Lipinski definition) is 3. The van der Waals surface area contributed by atoms with E-state index in [4.69, 9.17) is 5.73 Å². The fourth-order valence-electron chi connectivity index (χ4n) is 3.94. The van der Waals surface area contributed by atoms with Crippen LogP contribution in [0.25, 0.3) is 0 Å². The zero-order valence-corrected chi connectivity index (χ0v) is 16.5. The van der Waals surface area contributed by atoms with Gasteiger partial charge < -0.3 is 11.1 Å². The summed E-state index contributed by atoms with van der Waals surface area (Å²) in [5.41, 5.74) is 8.69. The van der Waals surface area contributed by atoms with Gasteiger partial charge in [-0.25, -0.2) is 0 Å². The van der Waals surface area contributed by atoms with Gasteiger partial charge in [0.15, 0.2) is 0 Å². The summed E-state index contributed by atoms with van der Waals surface area (Å²) < 4.78 is 0. The Labute approximate surface area is 166 Å². The number of anilines is 1. The van der Waals surface area contributed by atoms with Crippen LogP contribution < -0.4 is 11.1 Å². The number of hydrogen-bond donors (Lipinski definition) is 2. The zero-order chi connectivity index (χ0) is 20.0. The van der Waals surface area contributed by atoms with Crippen molar-refractivity contribution >= 4 is 17.5 Å². The molecular weight excluding hydrogens is 350 g/mol. The number of benzene rings is 2. The average Bonchev–Trinajstić information content (AvgIpc) is 2.69. The molecule has 1 fully saturated rings. The lowest BCUT2D eigenvalue weighted by Gasteiger charge is -2.40. The van der Waals surface area contributed by atoms with Gasteiger partial charge in [-0.05, 0) is 62.0 Å². The Morgan fingerprint density at radius 2 is 1.64 bits per heavy atom. The van der Waals surface area contributed by atoms with Gasteiger partial charge in [-0.1, -0.05) is 42.5 Å². The van der Waals surface area contributed by atoms with Gasteiger partial charge in [0.2, 0.25) is 11.8 Å². The van der Waals surface area contributed by atoms with Crippen molar-refractivity contribution in [3.63, 3.8) is 0 Å². The molecular formula is C23H29N3O2. The third-order valence-electron chi connectivity index (χ3n) is 5.75. The first-order valence-corrected chi connectivity index (χ1v) is 9.90. The van der Waals surface area contributed by atoms with Gasteiger partial charge in [0.05, 0.1) is 5.41 Å². The molecule has 2 aromatic rings. The number of carbonyl (C=O) groups is 2. The standard InChI is InChI=1S/C23H29N3O2/c1-18(27)25-21-9-7-20(8-10-21)17-26-15-13-23(14-16-26,22(24)28)12-11-19-5-3-2-4-6-19/h2-10H,11-17H2,1H3,(H2,24,28)(H,25,27). The van der Waals surface area contributed by atoms with Crippen LogP contribution >= 0.6 is 0 Å². The second-order valence-corrected chi connectivity index (χ2v) is 7.78. The van der Waals surface area contributed by atoms with E-state index in [2.05, 4.69) is 22.3 Å². The first-order valence-electron chi connectivity index (χ1n) is 9.90. The second kappa shape index (κ2) is 9.02. The molecule has 0 unspecified atom stereocenters. The van der Waals surface area contributed by atoms with E-state index >= 15 is 0 Å². The molecule has 1 heterocycles. The van der Waals surface area contributed by atoms with E-state index < -0.39 is 5.41 Å².